The SMILES string of the molecule is COc1ccc(S(=O)(=O)N(CCO)CCO[C@H]2C[C@@H](c3coc4ccccc4c3=O)C=C(C(=O)NCCc3c[nH]c4ccc(OC)cc34)O2)cc1. The number of ether oxygens (including phenoxy) is 4. The third-order valence-electron chi connectivity index (χ3n) is 8.73. The van der Waals surface area contributed by atoms with Crippen LogP contribution in [0, 0.1) is 0 Å². The van der Waals surface area contributed by atoms with Crippen LogP contribution in [0.4, 0.5) is 0 Å². The number of sulfonamides is 1. The summed E-state index contributed by atoms with van der Waals surface area (Å²) in [7, 11) is -0.897. The van der Waals surface area contributed by atoms with Crippen LogP contribution in [0.5, 0.6) is 11.5 Å². The van der Waals surface area contributed by atoms with Gasteiger partial charge in [0.15, 0.2) is 11.2 Å². The van der Waals surface area contributed by atoms with Crippen molar-refractivity contribution in [1.82, 2.24) is 14.6 Å². The molecule has 0 bridgehead atoms. The lowest BCUT2D eigenvalue weighted by molar-refractivity contribution is -0.146. The highest BCUT2D eigenvalue weighted by Gasteiger charge is 2.32. The van der Waals surface area contributed by atoms with Gasteiger partial charge >= 0.3 is 0 Å². The molecule has 51 heavy (non-hydrogen) atoms. The number of allylic oxidation sites excluding steroid dienone is 1. The number of hydrogen-bond acceptors (Lipinski definition) is 10. The number of hydrogen-bond donors (Lipinski definition) is 3. The van der Waals surface area contributed by atoms with Gasteiger partial charge in [0, 0.05) is 54.6 Å². The number of benzene rings is 3. The van der Waals surface area contributed by atoms with E-state index in [1.54, 1.807) is 37.5 Å². The Kier molecular flexibility index (Phi) is 11.1. The molecule has 2 atom stereocenters. The smallest absolute Gasteiger partial charge is 0.286 e. The zero-order valence-corrected chi connectivity index (χ0v) is 29.0. The molecule has 6 rings (SSSR count). The summed E-state index contributed by atoms with van der Waals surface area (Å²) in [5, 5.41) is 13.9. The van der Waals surface area contributed by atoms with Crippen LogP contribution in [0.3, 0.4) is 0 Å². The molecule has 1 aliphatic heterocycles. The van der Waals surface area contributed by atoms with Crippen molar-refractivity contribution in [3.05, 3.63) is 112 Å². The second kappa shape index (κ2) is 15.8. The molecule has 5 aromatic rings. The first-order valence-corrected chi connectivity index (χ1v) is 17.8. The zero-order valence-electron chi connectivity index (χ0n) is 28.2. The first-order chi connectivity index (χ1) is 24.7. The van der Waals surface area contributed by atoms with Crippen LogP contribution in [0.2, 0.25) is 0 Å². The second-order valence-corrected chi connectivity index (χ2v) is 13.8. The summed E-state index contributed by atoms with van der Waals surface area (Å²) in [5.41, 5.74) is 2.46. The minimum Gasteiger partial charge on any atom is -0.497 e. The van der Waals surface area contributed by atoms with Crippen molar-refractivity contribution >= 4 is 37.8 Å². The standard InChI is InChI=1S/C37H39N3O10S/c1-46-26-7-10-28(11-8-26)51(44,45)40(15-17-41)16-18-48-35-20-25(31-23-49-33-6-4-3-5-29(33)36(31)42)19-34(50-35)37(43)38-14-13-24-22-39-32-12-9-27(47-2)21-30(24)32/h3-12,19,21-23,25,35,39,41H,13-18,20H2,1-2H3,(H,38,43)/t25-,35+/m0/s1. The number of carbonyl (C=O) groups is 1. The Labute approximate surface area is 294 Å². The van der Waals surface area contributed by atoms with Crippen LogP contribution in [0.15, 0.2) is 105 Å². The fraction of sp³-hybridized carbons (Fsp3) is 0.297. The van der Waals surface area contributed by atoms with Gasteiger partial charge in [-0.15, -0.1) is 0 Å². The Hall–Kier alpha value is -5.15. The minimum atomic E-state index is -3.98. The van der Waals surface area contributed by atoms with Gasteiger partial charge in [0.2, 0.25) is 16.3 Å². The molecule has 1 aliphatic rings. The van der Waals surface area contributed by atoms with E-state index in [4.69, 9.17) is 23.4 Å². The molecule has 14 heteroatoms. The summed E-state index contributed by atoms with van der Waals surface area (Å²) in [4.78, 5) is 30.3. The van der Waals surface area contributed by atoms with Crippen LogP contribution in [0.25, 0.3) is 21.9 Å². The molecule has 3 heterocycles. The summed E-state index contributed by atoms with van der Waals surface area (Å²) in [5.74, 6) is 0.0774. The predicted octanol–water partition coefficient (Wildman–Crippen LogP) is 4.06. The minimum absolute atomic E-state index is 0.0300. The predicted molar refractivity (Wildman–Crippen MR) is 189 cm³/mol. The van der Waals surface area contributed by atoms with E-state index in [9.17, 15) is 23.1 Å². The van der Waals surface area contributed by atoms with E-state index in [1.165, 1.54) is 37.6 Å². The molecule has 0 aliphatic carbocycles. The van der Waals surface area contributed by atoms with Gasteiger partial charge in [-0.25, -0.2) is 8.42 Å². The number of nitrogens with one attached hydrogen (secondary N) is 2. The van der Waals surface area contributed by atoms with E-state index in [-0.39, 0.29) is 48.7 Å². The van der Waals surface area contributed by atoms with Crippen LogP contribution in [0.1, 0.15) is 23.5 Å². The van der Waals surface area contributed by atoms with E-state index < -0.39 is 34.7 Å². The number of fused-ring (bicyclic) bond motifs is 2. The number of nitrogens with zero attached hydrogens (tertiary/aromatic N) is 1. The lowest BCUT2D eigenvalue weighted by Gasteiger charge is -2.30. The van der Waals surface area contributed by atoms with Crippen LogP contribution < -0.4 is 20.2 Å². The Morgan fingerprint density at radius 1 is 1.02 bits per heavy atom. The van der Waals surface area contributed by atoms with E-state index in [0.29, 0.717) is 28.7 Å². The number of aromatic amines is 1. The maximum atomic E-state index is 13.5. The number of aromatic nitrogens is 1. The Morgan fingerprint density at radius 2 is 1.78 bits per heavy atom. The van der Waals surface area contributed by atoms with Gasteiger partial charge in [-0.2, -0.15) is 4.31 Å². The average Bonchev–Trinajstić information content (AvgIpc) is 3.56. The quantitative estimate of drug-likeness (QED) is 0.144. The molecule has 3 N–H and O–H groups in total. The van der Waals surface area contributed by atoms with Gasteiger partial charge in [0.1, 0.15) is 17.1 Å². The van der Waals surface area contributed by atoms with Crippen LogP contribution >= 0.6 is 0 Å². The monoisotopic (exact) mass is 717 g/mol. The van der Waals surface area contributed by atoms with Gasteiger partial charge in [0.05, 0.1) is 44.0 Å². The second-order valence-electron chi connectivity index (χ2n) is 11.8. The number of para-hydroxylation sites is 1. The topological polar surface area (TPSA) is 170 Å². The molecule has 0 fully saturated rings. The maximum Gasteiger partial charge on any atom is 0.286 e. The molecule has 0 saturated heterocycles. The van der Waals surface area contributed by atoms with Gasteiger partial charge in [-0.3, -0.25) is 9.59 Å². The largest absolute Gasteiger partial charge is 0.497 e. The average molecular weight is 718 g/mol. The van der Waals surface area contributed by atoms with Gasteiger partial charge in [-0.1, -0.05) is 12.1 Å². The molecular weight excluding hydrogens is 678 g/mol. The fourth-order valence-electron chi connectivity index (χ4n) is 6.02. The fourth-order valence-corrected chi connectivity index (χ4v) is 7.43. The first kappa shape index (κ1) is 35.7. The van der Waals surface area contributed by atoms with E-state index in [1.807, 2.05) is 24.4 Å². The van der Waals surface area contributed by atoms with Crippen molar-refractivity contribution in [2.24, 2.45) is 0 Å². The Balaban J connectivity index is 1.18. The van der Waals surface area contributed by atoms with Crippen molar-refractivity contribution in [3.63, 3.8) is 0 Å². The third-order valence-corrected chi connectivity index (χ3v) is 10.6. The van der Waals surface area contributed by atoms with Gasteiger partial charge < -0.3 is 38.8 Å². The highest BCUT2D eigenvalue weighted by Crippen LogP contribution is 2.31. The summed E-state index contributed by atoms with van der Waals surface area (Å²) in [6.07, 6.45) is 4.53. The van der Waals surface area contributed by atoms with Crippen LogP contribution in [-0.2, 0) is 30.7 Å². The number of amides is 1. The molecule has 1 amide bonds. The molecular formula is C37H39N3O10S. The van der Waals surface area contributed by atoms with Gasteiger partial charge in [-0.05, 0) is 72.7 Å². The number of aliphatic hydroxyl groups excluding tert-OH is 1. The van der Waals surface area contributed by atoms with E-state index in [0.717, 1.165) is 26.5 Å². The van der Waals surface area contributed by atoms with Crippen molar-refractivity contribution in [2.45, 2.75) is 29.9 Å². The lowest BCUT2D eigenvalue weighted by Crippen LogP contribution is -2.38. The first-order valence-electron chi connectivity index (χ1n) is 16.4. The third kappa shape index (κ3) is 7.94. The number of carbonyl (C=O) groups excluding carboxylic acids is 1. The number of methoxy groups -OCH3 is 2. The number of aliphatic hydroxyl groups is 1. The highest BCUT2D eigenvalue weighted by molar-refractivity contribution is 7.89. The van der Waals surface area contributed by atoms with Crippen molar-refractivity contribution in [3.8, 4) is 11.5 Å². The summed E-state index contributed by atoms with van der Waals surface area (Å²) < 4.78 is 56.2. The number of rotatable bonds is 15. The molecule has 3 aromatic carbocycles. The van der Waals surface area contributed by atoms with Crippen LogP contribution in [-0.4, -0.2) is 82.1 Å². The molecule has 0 radical (unpaired) electrons. The molecule has 0 unspecified atom stereocenters. The number of H-pyrrole nitrogens is 1. The van der Waals surface area contributed by atoms with Gasteiger partial charge in [0.25, 0.3) is 5.91 Å². The van der Waals surface area contributed by atoms with E-state index >= 15 is 0 Å². The molecule has 268 valence electrons. The Bertz CT molecular complexity index is 2190. The summed E-state index contributed by atoms with van der Waals surface area (Å²) in [6, 6.07) is 18.5. The van der Waals surface area contributed by atoms with E-state index in [2.05, 4.69) is 10.3 Å². The van der Waals surface area contributed by atoms with Crippen molar-refractivity contribution in [2.75, 3.05) is 47.1 Å². The summed E-state index contributed by atoms with van der Waals surface area (Å²) in [6.45, 7) is -0.525. The summed E-state index contributed by atoms with van der Waals surface area (Å²) >= 11 is 0. The lowest BCUT2D eigenvalue weighted by atomic mass is 9.93. The molecule has 0 spiro atoms. The van der Waals surface area contributed by atoms with Crippen molar-refractivity contribution < 1.29 is 41.7 Å². The molecule has 0 saturated carbocycles. The zero-order chi connectivity index (χ0) is 36.0. The molecule has 13 nitrogen and oxygen atoms in total. The van der Waals surface area contributed by atoms with Crippen molar-refractivity contribution in [1.29, 1.82) is 0 Å². The normalized spacial score (nSPS) is 16.2. The maximum absolute atomic E-state index is 13.5. The highest BCUT2D eigenvalue weighted by atomic mass is 32.2. The molecule has 2 aromatic heterocycles. The Morgan fingerprint density at radius 3 is 2.55 bits per heavy atom.